The first-order chi connectivity index (χ1) is 7.78. The fraction of sp³-hybridized carbons (Fsp3) is 0.385. The lowest BCUT2D eigenvalue weighted by Crippen LogP contribution is -2.23. The van der Waals surface area contributed by atoms with Crippen molar-refractivity contribution < 1.29 is 9.53 Å². The predicted octanol–water partition coefficient (Wildman–Crippen LogP) is 2.45. The van der Waals surface area contributed by atoms with Crippen molar-refractivity contribution in [1.82, 2.24) is 0 Å². The number of carbonyl (C=O) groups is 1. The second-order valence-corrected chi connectivity index (χ2v) is 3.99. The highest BCUT2D eigenvalue weighted by molar-refractivity contribution is 5.79. The molecule has 0 atom stereocenters. The van der Waals surface area contributed by atoms with E-state index in [4.69, 9.17) is 10.00 Å². The first kappa shape index (κ1) is 10.7. The molecule has 1 saturated carbocycles. The van der Waals surface area contributed by atoms with Crippen LogP contribution in [0.25, 0.3) is 0 Å². The highest BCUT2D eigenvalue weighted by Crippen LogP contribution is 2.21. The molecule has 3 heteroatoms. The van der Waals surface area contributed by atoms with Gasteiger partial charge in [-0.3, -0.25) is 4.79 Å². The Hall–Kier alpha value is -1.82. The predicted molar refractivity (Wildman–Crippen MR) is 59.0 cm³/mol. The molecule has 0 heterocycles. The van der Waals surface area contributed by atoms with Crippen LogP contribution < -0.4 is 4.74 Å². The number of nitriles is 1. The van der Waals surface area contributed by atoms with E-state index < -0.39 is 0 Å². The minimum Gasteiger partial charge on any atom is -0.490 e. The lowest BCUT2D eigenvalue weighted by Gasteiger charge is -2.22. The molecular formula is C13H13NO2. The van der Waals surface area contributed by atoms with E-state index in [1.807, 2.05) is 0 Å². The van der Waals surface area contributed by atoms with Crippen LogP contribution in [-0.4, -0.2) is 11.9 Å². The summed E-state index contributed by atoms with van der Waals surface area (Å²) in [5, 5.41) is 8.65. The number of carbonyl (C=O) groups excluding carboxylic acids is 1. The lowest BCUT2D eigenvalue weighted by atomic mass is 9.96. The molecule has 0 aliphatic heterocycles. The van der Waals surface area contributed by atoms with Crippen LogP contribution in [0.1, 0.15) is 31.2 Å². The van der Waals surface area contributed by atoms with Crippen molar-refractivity contribution in [1.29, 1.82) is 5.26 Å². The molecule has 0 spiro atoms. The summed E-state index contributed by atoms with van der Waals surface area (Å²) in [5.41, 5.74) is 0.631. The summed E-state index contributed by atoms with van der Waals surface area (Å²) in [6.07, 6.45) is 3.00. The third-order valence-electron chi connectivity index (χ3n) is 2.78. The number of ether oxygens (including phenoxy) is 1. The molecule has 1 aliphatic rings. The minimum atomic E-state index is 0.144. The Bertz CT molecular complexity index is 407. The molecule has 1 aromatic rings. The summed E-state index contributed by atoms with van der Waals surface area (Å²) < 4.78 is 5.74. The Labute approximate surface area is 94.6 Å². The number of benzene rings is 1. The molecule has 16 heavy (non-hydrogen) atoms. The fourth-order valence-corrected chi connectivity index (χ4v) is 1.83. The molecule has 0 N–H and O–H groups in total. The largest absolute Gasteiger partial charge is 0.490 e. The summed E-state index contributed by atoms with van der Waals surface area (Å²) in [7, 11) is 0. The zero-order valence-electron chi connectivity index (χ0n) is 8.98. The number of ketones is 1. The maximum absolute atomic E-state index is 11.1. The van der Waals surface area contributed by atoms with Crippen molar-refractivity contribution in [2.24, 2.45) is 0 Å². The van der Waals surface area contributed by atoms with Crippen LogP contribution >= 0.6 is 0 Å². The summed E-state index contributed by atoms with van der Waals surface area (Å²) in [5.74, 6) is 1.11. The fourth-order valence-electron chi connectivity index (χ4n) is 1.83. The molecule has 0 unspecified atom stereocenters. The zero-order chi connectivity index (χ0) is 11.4. The Kier molecular flexibility index (Phi) is 3.21. The monoisotopic (exact) mass is 215 g/mol. The van der Waals surface area contributed by atoms with Crippen LogP contribution in [0.2, 0.25) is 0 Å². The Morgan fingerprint density at radius 2 is 1.81 bits per heavy atom. The standard InChI is InChI=1S/C13H13NO2/c14-9-10-1-5-12(6-2-10)16-13-7-3-11(15)4-8-13/h1-2,5-6,13H,3-4,7-8H2. The van der Waals surface area contributed by atoms with Crippen LogP contribution in [0.4, 0.5) is 0 Å². The molecule has 1 aromatic carbocycles. The lowest BCUT2D eigenvalue weighted by molar-refractivity contribution is -0.121. The average molecular weight is 215 g/mol. The molecule has 2 rings (SSSR count). The van der Waals surface area contributed by atoms with Gasteiger partial charge in [0.15, 0.2) is 0 Å². The van der Waals surface area contributed by atoms with E-state index in [9.17, 15) is 4.79 Å². The van der Waals surface area contributed by atoms with Crippen molar-refractivity contribution in [3.63, 3.8) is 0 Å². The summed E-state index contributed by atoms with van der Waals surface area (Å²) in [4.78, 5) is 11.1. The third kappa shape index (κ3) is 2.60. The van der Waals surface area contributed by atoms with Crippen molar-refractivity contribution in [2.75, 3.05) is 0 Å². The number of Topliss-reactive ketones (excluding diaryl/α,β-unsaturated/α-hetero) is 1. The van der Waals surface area contributed by atoms with Gasteiger partial charge in [0, 0.05) is 12.8 Å². The molecule has 1 fully saturated rings. The van der Waals surface area contributed by atoms with Crippen molar-refractivity contribution in [2.45, 2.75) is 31.8 Å². The van der Waals surface area contributed by atoms with Crippen LogP contribution in [0.15, 0.2) is 24.3 Å². The Morgan fingerprint density at radius 3 is 2.38 bits per heavy atom. The van der Waals surface area contributed by atoms with E-state index in [2.05, 4.69) is 6.07 Å². The van der Waals surface area contributed by atoms with Gasteiger partial charge in [0.1, 0.15) is 11.5 Å². The van der Waals surface area contributed by atoms with E-state index in [-0.39, 0.29) is 6.10 Å². The SMILES string of the molecule is N#Cc1ccc(OC2CCC(=O)CC2)cc1. The van der Waals surface area contributed by atoms with Gasteiger partial charge in [-0.2, -0.15) is 5.26 Å². The maximum Gasteiger partial charge on any atom is 0.133 e. The smallest absolute Gasteiger partial charge is 0.133 e. The van der Waals surface area contributed by atoms with Gasteiger partial charge in [-0.1, -0.05) is 0 Å². The van der Waals surface area contributed by atoms with Crippen molar-refractivity contribution >= 4 is 5.78 Å². The van der Waals surface area contributed by atoms with Gasteiger partial charge < -0.3 is 4.74 Å². The van der Waals surface area contributed by atoms with Crippen molar-refractivity contribution in [3.05, 3.63) is 29.8 Å². The zero-order valence-corrected chi connectivity index (χ0v) is 8.98. The molecule has 0 bridgehead atoms. The number of nitrogens with zero attached hydrogens (tertiary/aromatic N) is 1. The summed E-state index contributed by atoms with van der Waals surface area (Å²) in [6, 6.07) is 9.14. The number of hydrogen-bond donors (Lipinski definition) is 0. The first-order valence-electron chi connectivity index (χ1n) is 5.46. The highest BCUT2D eigenvalue weighted by Gasteiger charge is 2.19. The quantitative estimate of drug-likeness (QED) is 0.761. The van der Waals surface area contributed by atoms with E-state index in [0.717, 1.165) is 18.6 Å². The maximum atomic E-state index is 11.1. The highest BCUT2D eigenvalue weighted by atomic mass is 16.5. The molecule has 82 valence electrons. The topological polar surface area (TPSA) is 50.1 Å². The van der Waals surface area contributed by atoms with Gasteiger partial charge in [0.25, 0.3) is 0 Å². The van der Waals surface area contributed by atoms with Crippen molar-refractivity contribution in [3.8, 4) is 11.8 Å². The second-order valence-electron chi connectivity index (χ2n) is 3.99. The Morgan fingerprint density at radius 1 is 1.19 bits per heavy atom. The Balaban J connectivity index is 1.94. The number of rotatable bonds is 2. The summed E-state index contributed by atoms with van der Waals surface area (Å²) >= 11 is 0. The summed E-state index contributed by atoms with van der Waals surface area (Å²) in [6.45, 7) is 0. The second kappa shape index (κ2) is 4.80. The number of hydrogen-bond acceptors (Lipinski definition) is 3. The average Bonchev–Trinajstić information content (AvgIpc) is 2.33. The van der Waals surface area contributed by atoms with Crippen LogP contribution in [0, 0.1) is 11.3 Å². The van der Waals surface area contributed by atoms with Crippen LogP contribution in [-0.2, 0) is 4.79 Å². The van der Waals surface area contributed by atoms with E-state index in [1.54, 1.807) is 24.3 Å². The van der Waals surface area contributed by atoms with Gasteiger partial charge in [-0.25, -0.2) is 0 Å². The van der Waals surface area contributed by atoms with Gasteiger partial charge in [0.05, 0.1) is 17.7 Å². The van der Waals surface area contributed by atoms with E-state index >= 15 is 0 Å². The normalized spacial score (nSPS) is 16.8. The van der Waals surface area contributed by atoms with Crippen LogP contribution in [0.3, 0.4) is 0 Å². The third-order valence-corrected chi connectivity index (χ3v) is 2.78. The molecule has 0 amide bonds. The van der Waals surface area contributed by atoms with E-state index in [1.165, 1.54) is 0 Å². The molecule has 0 radical (unpaired) electrons. The van der Waals surface area contributed by atoms with Gasteiger partial charge in [0.2, 0.25) is 0 Å². The molecule has 3 nitrogen and oxygen atoms in total. The van der Waals surface area contributed by atoms with Gasteiger partial charge in [-0.15, -0.1) is 0 Å². The minimum absolute atomic E-state index is 0.144. The van der Waals surface area contributed by atoms with Gasteiger partial charge >= 0.3 is 0 Å². The molecular weight excluding hydrogens is 202 g/mol. The first-order valence-corrected chi connectivity index (χ1v) is 5.46. The molecule has 1 aliphatic carbocycles. The van der Waals surface area contributed by atoms with Crippen LogP contribution in [0.5, 0.6) is 5.75 Å². The molecule has 0 saturated heterocycles. The van der Waals surface area contributed by atoms with Gasteiger partial charge in [-0.05, 0) is 37.1 Å². The van der Waals surface area contributed by atoms with E-state index in [0.29, 0.717) is 24.2 Å². The molecule has 0 aromatic heterocycles.